The number of phenols is 1. The summed E-state index contributed by atoms with van der Waals surface area (Å²) in [5.74, 6) is 1.13. The van der Waals surface area contributed by atoms with E-state index >= 15 is 0 Å². The summed E-state index contributed by atoms with van der Waals surface area (Å²) in [5.41, 5.74) is 12.5. The predicted molar refractivity (Wildman–Crippen MR) is 122 cm³/mol. The maximum absolute atomic E-state index is 10.3. The minimum absolute atomic E-state index is 0.0453. The molecule has 0 radical (unpaired) electrons. The van der Waals surface area contributed by atoms with Gasteiger partial charge in [0.2, 0.25) is 0 Å². The molecule has 3 unspecified atom stereocenters. The van der Waals surface area contributed by atoms with Gasteiger partial charge in [0.05, 0.1) is 17.6 Å². The topological polar surface area (TPSA) is 91.4 Å². The summed E-state index contributed by atoms with van der Waals surface area (Å²) in [6.07, 6.45) is 0.947. The molecule has 3 aromatic rings. The van der Waals surface area contributed by atoms with Crippen molar-refractivity contribution in [3.8, 4) is 11.5 Å². The Labute approximate surface area is 183 Å². The van der Waals surface area contributed by atoms with Gasteiger partial charge in [-0.15, -0.1) is 0 Å². The van der Waals surface area contributed by atoms with E-state index in [4.69, 9.17) is 15.9 Å². The molecule has 0 saturated heterocycles. The van der Waals surface area contributed by atoms with E-state index in [9.17, 15) is 5.11 Å². The highest BCUT2D eigenvalue weighted by atomic mass is 79.9. The maximum Gasteiger partial charge on any atom is 0.172 e. The van der Waals surface area contributed by atoms with Crippen LogP contribution in [-0.2, 0) is 6.42 Å². The largest absolute Gasteiger partial charge is 0.503 e. The summed E-state index contributed by atoms with van der Waals surface area (Å²) >= 11 is 3.47. The number of amidine groups is 1. The fourth-order valence-corrected chi connectivity index (χ4v) is 5.45. The minimum atomic E-state index is 0.0453. The van der Waals surface area contributed by atoms with Crippen LogP contribution in [0.25, 0.3) is 0 Å². The predicted octanol–water partition coefficient (Wildman–Crippen LogP) is 4.92. The number of aromatic hydroxyl groups is 1. The smallest absolute Gasteiger partial charge is 0.172 e. The van der Waals surface area contributed by atoms with Crippen molar-refractivity contribution in [2.45, 2.75) is 18.4 Å². The first kappa shape index (κ1) is 19.0. The summed E-state index contributed by atoms with van der Waals surface area (Å²) in [6.45, 7) is 0. The van der Waals surface area contributed by atoms with Crippen molar-refractivity contribution in [1.82, 2.24) is 0 Å². The second-order valence-corrected chi connectivity index (χ2v) is 8.79. The van der Waals surface area contributed by atoms with Gasteiger partial charge in [-0.2, -0.15) is 0 Å². The summed E-state index contributed by atoms with van der Waals surface area (Å²) < 4.78 is 6.01. The van der Waals surface area contributed by atoms with Crippen LogP contribution in [-0.4, -0.2) is 18.1 Å². The van der Waals surface area contributed by atoms with Crippen molar-refractivity contribution in [3.05, 3.63) is 86.9 Å². The molecule has 0 saturated carbocycles. The van der Waals surface area contributed by atoms with E-state index in [1.807, 2.05) is 30.3 Å². The third-order valence-electron chi connectivity index (χ3n) is 6.34. The molecule has 0 amide bonds. The number of rotatable bonds is 3. The second kappa shape index (κ2) is 7.06. The molecule has 0 fully saturated rings. The molecule has 0 aromatic heterocycles. The van der Waals surface area contributed by atoms with Crippen molar-refractivity contribution in [2.24, 2.45) is 11.7 Å². The van der Waals surface area contributed by atoms with Crippen molar-refractivity contribution in [1.29, 1.82) is 5.41 Å². The van der Waals surface area contributed by atoms with Crippen molar-refractivity contribution < 1.29 is 9.84 Å². The lowest BCUT2D eigenvalue weighted by Gasteiger charge is -2.38. The number of methoxy groups -OCH3 is 1. The zero-order valence-corrected chi connectivity index (χ0v) is 18.0. The van der Waals surface area contributed by atoms with Crippen LogP contribution in [0.5, 0.6) is 11.5 Å². The first-order valence-corrected chi connectivity index (χ1v) is 10.7. The highest BCUT2D eigenvalue weighted by Crippen LogP contribution is 2.54. The maximum atomic E-state index is 10.3. The molecule has 5 N–H and O–H groups in total. The molecule has 3 atom stereocenters. The van der Waals surface area contributed by atoms with Crippen LogP contribution < -0.4 is 15.8 Å². The molecule has 1 heterocycles. The summed E-state index contributed by atoms with van der Waals surface area (Å²) in [4.78, 5) is 0. The minimum Gasteiger partial charge on any atom is -0.503 e. The average Bonchev–Trinajstić information content (AvgIpc) is 3.14. The van der Waals surface area contributed by atoms with E-state index in [0.717, 1.165) is 23.2 Å². The summed E-state index contributed by atoms with van der Waals surface area (Å²) in [6, 6.07) is 18.5. The van der Waals surface area contributed by atoms with Crippen molar-refractivity contribution in [3.63, 3.8) is 0 Å². The number of nitrogens with one attached hydrogen (secondary N) is 2. The van der Waals surface area contributed by atoms with Gasteiger partial charge in [-0.3, -0.25) is 5.41 Å². The normalized spacial score (nSPS) is 21.2. The molecule has 152 valence electrons. The molecule has 5 nitrogen and oxygen atoms in total. The molecule has 5 rings (SSSR count). The average molecular weight is 464 g/mol. The number of halogens is 1. The van der Waals surface area contributed by atoms with E-state index in [1.165, 1.54) is 16.7 Å². The fourth-order valence-electron chi connectivity index (χ4n) is 4.99. The molecule has 0 spiro atoms. The summed E-state index contributed by atoms with van der Waals surface area (Å²) in [5, 5.41) is 21.8. The van der Waals surface area contributed by atoms with Gasteiger partial charge < -0.3 is 20.9 Å². The first-order chi connectivity index (χ1) is 14.5. The number of fused-ring (bicyclic) bond motifs is 5. The van der Waals surface area contributed by atoms with Gasteiger partial charge in [0.1, 0.15) is 5.84 Å². The van der Waals surface area contributed by atoms with E-state index in [-0.39, 0.29) is 23.5 Å². The monoisotopic (exact) mass is 463 g/mol. The number of nitrogen functional groups attached to an aromatic ring is 1. The Kier molecular flexibility index (Phi) is 4.47. The van der Waals surface area contributed by atoms with Gasteiger partial charge in [0.25, 0.3) is 0 Å². The van der Waals surface area contributed by atoms with E-state index in [0.29, 0.717) is 16.1 Å². The van der Waals surface area contributed by atoms with Gasteiger partial charge in [-0.05, 0) is 80.9 Å². The molecule has 1 aliphatic heterocycles. The number of nitrogens with two attached hydrogens (primary N) is 1. The Morgan fingerprint density at radius 3 is 2.73 bits per heavy atom. The molecular formula is C24H22BrN3O2. The molecule has 2 aliphatic rings. The fraction of sp³-hybridized carbons (Fsp3) is 0.208. The Morgan fingerprint density at radius 2 is 1.97 bits per heavy atom. The van der Waals surface area contributed by atoms with Crippen LogP contribution in [0.2, 0.25) is 0 Å². The standard InChI is InChI=1S/C24H22BrN3O2/c1-30-20-11-14(10-18(25)23(20)29)22-17-8-12-4-2-3-5-15(12)21(17)16-9-13(24(26)27)6-7-19(16)28-22/h2-7,9-11,17,21-22,28-29H,8H2,1H3,(H3,26,27). The number of phenolic OH excluding ortho intramolecular Hbond substituents is 1. The summed E-state index contributed by atoms with van der Waals surface area (Å²) in [7, 11) is 1.56. The molecule has 1 aliphatic carbocycles. The number of hydrogen-bond acceptors (Lipinski definition) is 4. The van der Waals surface area contributed by atoms with Crippen molar-refractivity contribution in [2.75, 3.05) is 12.4 Å². The van der Waals surface area contributed by atoms with Crippen LogP contribution >= 0.6 is 15.9 Å². The van der Waals surface area contributed by atoms with Crippen LogP contribution in [0.4, 0.5) is 5.69 Å². The molecule has 30 heavy (non-hydrogen) atoms. The number of anilines is 1. The molecular weight excluding hydrogens is 442 g/mol. The Morgan fingerprint density at radius 1 is 1.17 bits per heavy atom. The Hall–Kier alpha value is -2.99. The van der Waals surface area contributed by atoms with Crippen molar-refractivity contribution >= 4 is 27.5 Å². The zero-order valence-electron chi connectivity index (χ0n) is 16.4. The highest BCUT2D eigenvalue weighted by molar-refractivity contribution is 9.10. The van der Waals surface area contributed by atoms with Crippen LogP contribution in [0.15, 0.2) is 59.1 Å². The lowest BCUT2D eigenvalue weighted by atomic mass is 9.75. The van der Waals surface area contributed by atoms with Gasteiger partial charge in [0, 0.05) is 17.2 Å². The Balaban J connectivity index is 1.68. The second-order valence-electron chi connectivity index (χ2n) is 7.94. The van der Waals surface area contributed by atoms with Crippen LogP contribution in [0.3, 0.4) is 0 Å². The molecule has 6 heteroatoms. The van der Waals surface area contributed by atoms with Gasteiger partial charge in [0.15, 0.2) is 11.5 Å². The lowest BCUT2D eigenvalue weighted by molar-refractivity contribution is 0.368. The van der Waals surface area contributed by atoms with Gasteiger partial charge >= 0.3 is 0 Å². The Bertz CT molecular complexity index is 1180. The van der Waals surface area contributed by atoms with Crippen LogP contribution in [0.1, 0.15) is 39.8 Å². The van der Waals surface area contributed by atoms with E-state index < -0.39 is 0 Å². The number of hydrogen-bond donors (Lipinski definition) is 4. The highest BCUT2D eigenvalue weighted by Gasteiger charge is 2.43. The van der Waals surface area contributed by atoms with Gasteiger partial charge in [-0.25, -0.2) is 0 Å². The van der Waals surface area contributed by atoms with E-state index in [2.05, 4.69) is 45.5 Å². The zero-order chi connectivity index (χ0) is 21.0. The molecule has 3 aromatic carbocycles. The third-order valence-corrected chi connectivity index (χ3v) is 6.94. The number of benzene rings is 3. The first-order valence-electron chi connectivity index (χ1n) is 9.87. The van der Waals surface area contributed by atoms with E-state index in [1.54, 1.807) is 7.11 Å². The van der Waals surface area contributed by atoms with Crippen LogP contribution in [0, 0.1) is 11.3 Å². The number of ether oxygens (including phenoxy) is 1. The van der Waals surface area contributed by atoms with Gasteiger partial charge in [-0.1, -0.05) is 24.3 Å². The molecule has 0 bridgehead atoms. The third kappa shape index (κ3) is 2.86. The lowest BCUT2D eigenvalue weighted by Crippen LogP contribution is -2.30. The quantitative estimate of drug-likeness (QED) is 0.327. The SMILES string of the molecule is COc1cc(C2Nc3ccc(C(=N)N)cc3C3c4ccccc4CC23)cc(Br)c1O.